The van der Waals surface area contributed by atoms with Gasteiger partial charge in [0, 0.05) is 25.7 Å². The third-order valence-electron chi connectivity index (χ3n) is 3.92. The molecule has 0 radical (unpaired) electrons. The summed E-state index contributed by atoms with van der Waals surface area (Å²) < 4.78 is 5.46. The number of carbonyl (C=O) groups is 2. The van der Waals surface area contributed by atoms with Gasteiger partial charge in [-0.3, -0.25) is 0 Å². The first kappa shape index (κ1) is 18.3. The van der Waals surface area contributed by atoms with Crippen LogP contribution in [0.25, 0.3) is 0 Å². The van der Waals surface area contributed by atoms with E-state index in [9.17, 15) is 9.59 Å². The fraction of sp³-hybridized carbons (Fsp3) is 0.556. The number of amides is 1. The molecule has 1 amide bonds. The highest BCUT2D eigenvalue weighted by Gasteiger charge is 2.31. The third-order valence-corrected chi connectivity index (χ3v) is 3.92. The standard InChI is InChI=1S/C18H26N2O4/c1-18(2,3)24-17(23)20-10-4-5-15(20)12-19-11-13-6-8-14(9-7-13)16(21)22/h6-9,15,19H,4-5,10-12H2,1-3H3,(H,21,22). The van der Waals surface area contributed by atoms with E-state index in [0.717, 1.165) is 24.9 Å². The predicted octanol–water partition coefficient (Wildman–Crippen LogP) is 2.87. The molecule has 1 fully saturated rings. The van der Waals surface area contributed by atoms with Gasteiger partial charge in [0.15, 0.2) is 0 Å². The molecule has 0 bridgehead atoms. The number of ether oxygens (including phenoxy) is 1. The smallest absolute Gasteiger partial charge is 0.410 e. The molecule has 1 saturated heterocycles. The molecule has 1 atom stereocenters. The number of nitrogens with one attached hydrogen (secondary N) is 1. The van der Waals surface area contributed by atoms with E-state index < -0.39 is 11.6 Å². The van der Waals surface area contributed by atoms with Crippen molar-refractivity contribution in [2.45, 2.75) is 51.8 Å². The number of hydrogen-bond donors (Lipinski definition) is 2. The Morgan fingerprint density at radius 1 is 1.29 bits per heavy atom. The zero-order chi connectivity index (χ0) is 17.7. The average Bonchev–Trinajstić information content (AvgIpc) is 2.94. The van der Waals surface area contributed by atoms with E-state index >= 15 is 0 Å². The molecule has 2 N–H and O–H groups in total. The van der Waals surface area contributed by atoms with Gasteiger partial charge in [-0.05, 0) is 51.3 Å². The van der Waals surface area contributed by atoms with E-state index in [1.54, 1.807) is 29.2 Å². The van der Waals surface area contributed by atoms with E-state index in [2.05, 4.69) is 5.32 Å². The van der Waals surface area contributed by atoms with Crippen LogP contribution >= 0.6 is 0 Å². The van der Waals surface area contributed by atoms with Gasteiger partial charge in [0.05, 0.1) is 5.56 Å². The lowest BCUT2D eigenvalue weighted by Crippen LogP contribution is -2.44. The second-order valence-corrected chi connectivity index (χ2v) is 7.10. The van der Waals surface area contributed by atoms with E-state index in [1.165, 1.54) is 0 Å². The largest absolute Gasteiger partial charge is 0.478 e. The van der Waals surface area contributed by atoms with Gasteiger partial charge in [0.2, 0.25) is 0 Å². The van der Waals surface area contributed by atoms with Crippen molar-refractivity contribution >= 4 is 12.1 Å². The molecule has 132 valence electrons. The lowest BCUT2D eigenvalue weighted by molar-refractivity contribution is 0.0226. The molecule has 0 aliphatic carbocycles. The molecular formula is C18H26N2O4. The summed E-state index contributed by atoms with van der Waals surface area (Å²) in [5.74, 6) is -0.923. The number of likely N-dealkylation sites (tertiary alicyclic amines) is 1. The van der Waals surface area contributed by atoms with Crippen LogP contribution in [0.3, 0.4) is 0 Å². The van der Waals surface area contributed by atoms with Gasteiger partial charge >= 0.3 is 12.1 Å². The topological polar surface area (TPSA) is 78.9 Å². The van der Waals surface area contributed by atoms with Crippen LogP contribution in [0.2, 0.25) is 0 Å². The Morgan fingerprint density at radius 3 is 2.54 bits per heavy atom. The Bertz CT molecular complexity index is 578. The third kappa shape index (κ3) is 5.23. The molecule has 2 rings (SSSR count). The highest BCUT2D eigenvalue weighted by Crippen LogP contribution is 2.20. The minimum absolute atomic E-state index is 0.137. The summed E-state index contributed by atoms with van der Waals surface area (Å²) in [5, 5.41) is 12.2. The van der Waals surface area contributed by atoms with Gasteiger partial charge in [0.25, 0.3) is 0 Å². The molecule has 6 nitrogen and oxygen atoms in total. The number of carboxylic acids is 1. The van der Waals surface area contributed by atoms with Crippen molar-refractivity contribution in [2.24, 2.45) is 0 Å². The first-order valence-electron chi connectivity index (χ1n) is 8.29. The summed E-state index contributed by atoms with van der Waals surface area (Å²) in [6.45, 7) is 7.67. The molecular weight excluding hydrogens is 308 g/mol. The Kier molecular flexibility index (Phi) is 5.83. The number of benzene rings is 1. The van der Waals surface area contributed by atoms with Crippen LogP contribution in [0.5, 0.6) is 0 Å². The van der Waals surface area contributed by atoms with Crippen LogP contribution in [0.4, 0.5) is 4.79 Å². The van der Waals surface area contributed by atoms with Crippen LogP contribution in [0.15, 0.2) is 24.3 Å². The lowest BCUT2D eigenvalue weighted by atomic mass is 10.1. The summed E-state index contributed by atoms with van der Waals surface area (Å²) in [6.07, 6.45) is 1.70. The first-order chi connectivity index (χ1) is 11.3. The van der Waals surface area contributed by atoms with Crippen molar-refractivity contribution in [3.8, 4) is 0 Å². The summed E-state index contributed by atoms with van der Waals surface area (Å²) >= 11 is 0. The van der Waals surface area contributed by atoms with Gasteiger partial charge < -0.3 is 20.1 Å². The maximum atomic E-state index is 12.2. The molecule has 1 unspecified atom stereocenters. The quantitative estimate of drug-likeness (QED) is 0.865. The van der Waals surface area contributed by atoms with Crippen molar-refractivity contribution in [2.75, 3.05) is 13.1 Å². The van der Waals surface area contributed by atoms with Crippen molar-refractivity contribution in [3.63, 3.8) is 0 Å². The van der Waals surface area contributed by atoms with Crippen LogP contribution < -0.4 is 5.32 Å². The summed E-state index contributed by atoms with van der Waals surface area (Å²) in [4.78, 5) is 24.9. The van der Waals surface area contributed by atoms with E-state index in [1.807, 2.05) is 20.8 Å². The Balaban J connectivity index is 1.82. The fourth-order valence-electron chi connectivity index (χ4n) is 2.76. The zero-order valence-corrected chi connectivity index (χ0v) is 14.5. The molecule has 0 saturated carbocycles. The van der Waals surface area contributed by atoms with Crippen molar-refractivity contribution in [1.82, 2.24) is 10.2 Å². The monoisotopic (exact) mass is 334 g/mol. The number of carboxylic acid groups (broad SMARTS) is 1. The average molecular weight is 334 g/mol. The second-order valence-electron chi connectivity index (χ2n) is 7.10. The Labute approximate surface area is 142 Å². The SMILES string of the molecule is CC(C)(C)OC(=O)N1CCCC1CNCc1ccc(C(=O)O)cc1. The first-order valence-corrected chi connectivity index (χ1v) is 8.29. The maximum Gasteiger partial charge on any atom is 0.410 e. The maximum absolute atomic E-state index is 12.2. The van der Waals surface area contributed by atoms with Gasteiger partial charge in [-0.25, -0.2) is 9.59 Å². The minimum atomic E-state index is -0.923. The lowest BCUT2D eigenvalue weighted by Gasteiger charge is -2.28. The molecule has 1 aromatic carbocycles. The highest BCUT2D eigenvalue weighted by atomic mass is 16.6. The summed E-state index contributed by atoms with van der Waals surface area (Å²) in [6, 6.07) is 6.94. The van der Waals surface area contributed by atoms with E-state index in [0.29, 0.717) is 13.1 Å². The minimum Gasteiger partial charge on any atom is -0.478 e. The summed E-state index contributed by atoms with van der Waals surface area (Å²) in [5.41, 5.74) is 0.816. The van der Waals surface area contributed by atoms with E-state index in [-0.39, 0.29) is 17.7 Å². The molecule has 6 heteroatoms. The van der Waals surface area contributed by atoms with Crippen LogP contribution in [-0.2, 0) is 11.3 Å². The van der Waals surface area contributed by atoms with E-state index in [4.69, 9.17) is 9.84 Å². The predicted molar refractivity (Wildman–Crippen MR) is 91.1 cm³/mol. The van der Waals surface area contributed by atoms with Crippen molar-refractivity contribution < 1.29 is 19.4 Å². The Morgan fingerprint density at radius 2 is 1.96 bits per heavy atom. The number of carbonyl (C=O) groups excluding carboxylic acids is 1. The molecule has 0 spiro atoms. The molecule has 0 aromatic heterocycles. The summed E-state index contributed by atoms with van der Waals surface area (Å²) in [7, 11) is 0. The van der Waals surface area contributed by atoms with Gasteiger partial charge in [0.1, 0.15) is 5.60 Å². The second kappa shape index (κ2) is 7.66. The number of nitrogens with zero attached hydrogens (tertiary/aromatic N) is 1. The molecule has 1 aromatic rings. The fourth-order valence-corrected chi connectivity index (χ4v) is 2.76. The van der Waals surface area contributed by atoms with Gasteiger partial charge in [-0.15, -0.1) is 0 Å². The molecule has 24 heavy (non-hydrogen) atoms. The van der Waals surface area contributed by atoms with Gasteiger partial charge in [-0.1, -0.05) is 12.1 Å². The number of rotatable bonds is 5. The zero-order valence-electron chi connectivity index (χ0n) is 14.5. The van der Waals surface area contributed by atoms with Crippen molar-refractivity contribution in [1.29, 1.82) is 0 Å². The van der Waals surface area contributed by atoms with Crippen LogP contribution in [-0.4, -0.2) is 46.8 Å². The molecule has 1 heterocycles. The molecule has 1 aliphatic heterocycles. The number of hydrogen-bond acceptors (Lipinski definition) is 4. The van der Waals surface area contributed by atoms with Crippen molar-refractivity contribution in [3.05, 3.63) is 35.4 Å². The normalized spacial score (nSPS) is 17.8. The van der Waals surface area contributed by atoms with Crippen LogP contribution in [0.1, 0.15) is 49.5 Å². The Hall–Kier alpha value is -2.08. The van der Waals surface area contributed by atoms with Gasteiger partial charge in [-0.2, -0.15) is 0 Å². The number of aromatic carboxylic acids is 1. The molecule has 1 aliphatic rings. The highest BCUT2D eigenvalue weighted by molar-refractivity contribution is 5.87. The van der Waals surface area contributed by atoms with Crippen LogP contribution in [0, 0.1) is 0 Å².